The standard InChI is InChI=1S/C29H26Cl2O5/c30-20-9-6-18(25(31)14-20)2-1-3-26(32)19-7-10-21(11-8-19)36-28-16-27-24(15-23(28)17-4-5-17)22(29(33)34)12-13-35-27/h6-11,14-17,22H,1-5,12-13H2,(H,33,34). The van der Waals surface area contributed by atoms with E-state index in [2.05, 4.69) is 0 Å². The minimum absolute atomic E-state index is 0.0622. The number of carboxylic acids is 1. The average Bonchev–Trinajstić information content (AvgIpc) is 3.70. The first-order valence-electron chi connectivity index (χ1n) is 12.2. The maximum atomic E-state index is 12.7. The lowest BCUT2D eigenvalue weighted by Crippen LogP contribution is -2.21. The molecule has 1 aliphatic carbocycles. The van der Waals surface area contributed by atoms with Crippen molar-refractivity contribution < 1.29 is 24.2 Å². The van der Waals surface area contributed by atoms with E-state index in [1.165, 1.54) is 0 Å². The molecule has 0 aromatic heterocycles. The van der Waals surface area contributed by atoms with Gasteiger partial charge in [-0.25, -0.2) is 0 Å². The Morgan fingerprint density at radius 1 is 0.972 bits per heavy atom. The van der Waals surface area contributed by atoms with Crippen LogP contribution in [0.2, 0.25) is 10.0 Å². The predicted molar refractivity (Wildman–Crippen MR) is 139 cm³/mol. The van der Waals surface area contributed by atoms with Crippen LogP contribution in [0.15, 0.2) is 54.6 Å². The van der Waals surface area contributed by atoms with Crippen LogP contribution in [0.25, 0.3) is 0 Å². The number of carbonyl (C=O) groups is 2. The van der Waals surface area contributed by atoms with Crippen LogP contribution in [-0.2, 0) is 11.2 Å². The Balaban J connectivity index is 1.25. The van der Waals surface area contributed by atoms with E-state index in [0.29, 0.717) is 71.1 Å². The van der Waals surface area contributed by atoms with Crippen molar-refractivity contribution in [2.24, 2.45) is 0 Å². The second-order valence-electron chi connectivity index (χ2n) is 9.37. The molecule has 186 valence electrons. The van der Waals surface area contributed by atoms with Gasteiger partial charge in [-0.15, -0.1) is 0 Å². The highest BCUT2D eigenvalue weighted by Crippen LogP contribution is 2.49. The summed E-state index contributed by atoms with van der Waals surface area (Å²) in [4.78, 5) is 24.4. The monoisotopic (exact) mass is 524 g/mol. The lowest BCUT2D eigenvalue weighted by molar-refractivity contribution is -0.139. The highest BCUT2D eigenvalue weighted by atomic mass is 35.5. The molecule has 5 rings (SSSR count). The third-order valence-corrected chi connectivity index (χ3v) is 7.35. The fourth-order valence-electron chi connectivity index (χ4n) is 4.64. The second-order valence-corrected chi connectivity index (χ2v) is 10.2. The molecule has 1 fully saturated rings. The number of rotatable bonds is 9. The number of fused-ring (bicyclic) bond motifs is 1. The van der Waals surface area contributed by atoms with Gasteiger partial charge in [-0.2, -0.15) is 0 Å². The SMILES string of the molecule is O=C(CCCc1ccc(Cl)cc1Cl)c1ccc(Oc2cc3c(cc2C2CC2)C(C(=O)O)CCO3)cc1. The summed E-state index contributed by atoms with van der Waals surface area (Å²) in [6.45, 7) is 0.368. The highest BCUT2D eigenvalue weighted by Gasteiger charge is 2.33. The van der Waals surface area contributed by atoms with Gasteiger partial charge in [0.2, 0.25) is 0 Å². The third kappa shape index (κ3) is 5.53. The zero-order valence-electron chi connectivity index (χ0n) is 19.6. The van der Waals surface area contributed by atoms with Gasteiger partial charge >= 0.3 is 5.97 Å². The summed E-state index contributed by atoms with van der Waals surface area (Å²) in [5.74, 6) is 0.922. The lowest BCUT2D eigenvalue weighted by atomic mass is 9.90. The quantitative estimate of drug-likeness (QED) is 0.289. The average molecular weight is 525 g/mol. The van der Waals surface area contributed by atoms with E-state index in [4.69, 9.17) is 32.7 Å². The minimum Gasteiger partial charge on any atom is -0.493 e. The largest absolute Gasteiger partial charge is 0.493 e. The molecule has 7 heteroatoms. The molecule has 2 aliphatic rings. The molecule has 0 amide bonds. The molecule has 0 radical (unpaired) electrons. The molecule has 36 heavy (non-hydrogen) atoms. The van der Waals surface area contributed by atoms with Gasteiger partial charge in [-0.3, -0.25) is 9.59 Å². The van der Waals surface area contributed by atoms with E-state index in [9.17, 15) is 14.7 Å². The summed E-state index contributed by atoms with van der Waals surface area (Å²) in [5, 5.41) is 10.8. The van der Waals surface area contributed by atoms with Crippen molar-refractivity contribution >= 4 is 35.0 Å². The fourth-order valence-corrected chi connectivity index (χ4v) is 5.14. The molecule has 0 saturated heterocycles. The molecule has 1 N–H and O–H groups in total. The molecule has 1 heterocycles. The molecule has 1 aliphatic heterocycles. The summed E-state index contributed by atoms with van der Waals surface area (Å²) >= 11 is 12.2. The lowest BCUT2D eigenvalue weighted by Gasteiger charge is -2.25. The van der Waals surface area contributed by atoms with Crippen LogP contribution < -0.4 is 9.47 Å². The molecule has 3 aromatic carbocycles. The number of halogens is 2. The van der Waals surface area contributed by atoms with Gasteiger partial charge in [-0.1, -0.05) is 29.3 Å². The Kier molecular flexibility index (Phi) is 7.22. The first kappa shape index (κ1) is 24.7. The van der Waals surface area contributed by atoms with Crippen molar-refractivity contribution in [3.8, 4) is 17.2 Å². The molecular formula is C29H26Cl2O5. The second kappa shape index (κ2) is 10.5. The van der Waals surface area contributed by atoms with Crippen molar-refractivity contribution in [2.45, 2.75) is 50.4 Å². The summed E-state index contributed by atoms with van der Waals surface area (Å²) in [7, 11) is 0. The molecule has 1 unspecified atom stereocenters. The Labute approximate surface area is 219 Å². The van der Waals surface area contributed by atoms with Crippen molar-refractivity contribution in [3.63, 3.8) is 0 Å². The topological polar surface area (TPSA) is 72.8 Å². The van der Waals surface area contributed by atoms with Crippen molar-refractivity contribution in [2.75, 3.05) is 6.61 Å². The smallest absolute Gasteiger partial charge is 0.311 e. The predicted octanol–water partition coefficient (Wildman–Crippen LogP) is 7.82. The number of ketones is 1. The van der Waals surface area contributed by atoms with E-state index >= 15 is 0 Å². The van der Waals surface area contributed by atoms with Crippen LogP contribution in [0.3, 0.4) is 0 Å². The molecule has 0 bridgehead atoms. The van der Waals surface area contributed by atoms with E-state index in [1.807, 2.05) is 18.2 Å². The maximum absolute atomic E-state index is 12.7. The van der Waals surface area contributed by atoms with Gasteiger partial charge in [-0.05, 0) is 91.6 Å². The first-order valence-corrected chi connectivity index (χ1v) is 12.9. The number of aliphatic carboxylic acids is 1. The molecule has 1 atom stereocenters. The van der Waals surface area contributed by atoms with Crippen molar-refractivity contribution in [1.29, 1.82) is 0 Å². The van der Waals surface area contributed by atoms with Gasteiger partial charge < -0.3 is 14.6 Å². The van der Waals surface area contributed by atoms with Gasteiger partial charge in [0, 0.05) is 33.7 Å². The number of benzene rings is 3. The number of carbonyl (C=O) groups excluding carboxylic acids is 1. The number of hydrogen-bond acceptors (Lipinski definition) is 4. The van der Waals surface area contributed by atoms with Crippen LogP contribution in [0.5, 0.6) is 17.2 Å². The highest BCUT2D eigenvalue weighted by molar-refractivity contribution is 6.35. The van der Waals surface area contributed by atoms with Crippen LogP contribution in [0.1, 0.15) is 71.0 Å². The fraction of sp³-hybridized carbons (Fsp3) is 0.310. The number of aryl methyl sites for hydroxylation is 1. The Bertz CT molecular complexity index is 1300. The number of ether oxygens (including phenoxy) is 2. The molecule has 0 spiro atoms. The number of carboxylic acid groups (broad SMARTS) is 1. The van der Waals surface area contributed by atoms with E-state index < -0.39 is 11.9 Å². The normalized spacial score (nSPS) is 16.7. The summed E-state index contributed by atoms with van der Waals surface area (Å²) in [6, 6.07) is 16.3. The van der Waals surface area contributed by atoms with Crippen molar-refractivity contribution in [3.05, 3.63) is 86.9 Å². The van der Waals surface area contributed by atoms with Crippen molar-refractivity contribution in [1.82, 2.24) is 0 Å². The van der Waals surface area contributed by atoms with E-state index in [-0.39, 0.29) is 5.78 Å². The van der Waals surface area contributed by atoms with Gasteiger partial charge in [0.1, 0.15) is 17.2 Å². The van der Waals surface area contributed by atoms with Crippen LogP contribution in [-0.4, -0.2) is 23.5 Å². The maximum Gasteiger partial charge on any atom is 0.311 e. The summed E-state index contributed by atoms with van der Waals surface area (Å²) < 4.78 is 12.0. The van der Waals surface area contributed by atoms with E-state index in [0.717, 1.165) is 29.5 Å². The summed E-state index contributed by atoms with van der Waals surface area (Å²) in [6.07, 6.45) is 4.39. The molecule has 1 saturated carbocycles. The Morgan fingerprint density at radius 3 is 2.44 bits per heavy atom. The van der Waals surface area contributed by atoms with Crippen LogP contribution >= 0.6 is 23.2 Å². The van der Waals surface area contributed by atoms with Gasteiger partial charge in [0.15, 0.2) is 5.78 Å². The van der Waals surface area contributed by atoms with Crippen LogP contribution in [0, 0.1) is 0 Å². The summed E-state index contributed by atoms with van der Waals surface area (Å²) in [5.41, 5.74) is 3.35. The number of hydrogen-bond donors (Lipinski definition) is 1. The Morgan fingerprint density at radius 2 is 1.75 bits per heavy atom. The zero-order valence-corrected chi connectivity index (χ0v) is 21.1. The third-order valence-electron chi connectivity index (χ3n) is 6.77. The molecule has 3 aromatic rings. The minimum atomic E-state index is -0.827. The molecular weight excluding hydrogens is 499 g/mol. The van der Waals surface area contributed by atoms with E-state index in [1.54, 1.807) is 36.4 Å². The number of Topliss-reactive ketones (excluding diaryl/α,β-unsaturated/α-hetero) is 1. The first-order chi connectivity index (χ1) is 17.4. The Hall–Kier alpha value is -3.02. The van der Waals surface area contributed by atoms with Gasteiger partial charge in [0.05, 0.1) is 12.5 Å². The molecule has 5 nitrogen and oxygen atoms in total. The van der Waals surface area contributed by atoms with Gasteiger partial charge in [0.25, 0.3) is 0 Å². The zero-order chi connectivity index (χ0) is 25.2. The van der Waals surface area contributed by atoms with Crippen LogP contribution in [0.4, 0.5) is 0 Å².